The number of halogens is 5. The normalized spacial score (nSPS) is 16.2. The third-order valence-corrected chi connectivity index (χ3v) is 6.18. The zero-order valence-electron chi connectivity index (χ0n) is 20.0. The zero-order valence-corrected chi connectivity index (χ0v) is 20.0. The highest BCUT2D eigenvalue weighted by Gasteiger charge is 2.39. The van der Waals surface area contributed by atoms with Gasteiger partial charge in [-0.15, -0.1) is 0 Å². The van der Waals surface area contributed by atoms with Crippen molar-refractivity contribution in [2.45, 2.75) is 46.4 Å². The van der Waals surface area contributed by atoms with E-state index in [-0.39, 0.29) is 54.0 Å². The molecule has 2 aromatic carbocycles. The van der Waals surface area contributed by atoms with Crippen LogP contribution in [-0.4, -0.2) is 21.0 Å². The highest BCUT2D eigenvalue weighted by molar-refractivity contribution is 5.96. The topological polar surface area (TPSA) is 101 Å². The summed E-state index contributed by atoms with van der Waals surface area (Å²) in [7, 11) is 0. The van der Waals surface area contributed by atoms with Gasteiger partial charge in [0, 0.05) is 30.0 Å². The molecular formula is C25H22F5N3O4. The lowest BCUT2D eigenvalue weighted by Gasteiger charge is -2.25. The first-order valence-electron chi connectivity index (χ1n) is 11.2. The minimum atomic E-state index is -5.00. The number of aromatic nitrogens is 2. The largest absolute Gasteiger partial charge is 0.510 e. The number of aliphatic imine (C=N–C) groups is 1. The third kappa shape index (κ3) is 5.27. The van der Waals surface area contributed by atoms with Crippen molar-refractivity contribution in [1.82, 2.24) is 10.1 Å². The van der Waals surface area contributed by atoms with Gasteiger partial charge in [-0.3, -0.25) is 14.5 Å². The molecule has 1 unspecified atom stereocenters. The number of alkyl halides is 3. The first kappa shape index (κ1) is 26.1. The lowest BCUT2D eigenvalue weighted by atomic mass is 9.87. The smallest absolute Gasteiger partial charge is 0.439 e. The van der Waals surface area contributed by atoms with E-state index in [1.165, 1.54) is 13.0 Å². The van der Waals surface area contributed by atoms with E-state index in [0.717, 1.165) is 12.1 Å². The van der Waals surface area contributed by atoms with Gasteiger partial charge in [-0.25, -0.2) is 13.6 Å². The van der Waals surface area contributed by atoms with Crippen LogP contribution in [0.15, 0.2) is 44.3 Å². The van der Waals surface area contributed by atoms with E-state index in [2.05, 4.69) is 19.7 Å². The molecule has 0 aliphatic carbocycles. The summed E-state index contributed by atoms with van der Waals surface area (Å²) in [5.74, 6) is -3.68. The second-order valence-electron chi connectivity index (χ2n) is 8.78. The molecule has 2 N–H and O–H groups in total. The number of benzene rings is 2. The molecule has 3 aromatic rings. The molecule has 4 rings (SSSR count). The summed E-state index contributed by atoms with van der Waals surface area (Å²) in [5, 5.41) is 13.9. The van der Waals surface area contributed by atoms with Crippen molar-refractivity contribution in [3.05, 3.63) is 85.9 Å². The van der Waals surface area contributed by atoms with Gasteiger partial charge in [0.25, 0.3) is 0 Å². The minimum Gasteiger partial charge on any atom is -0.510 e. The van der Waals surface area contributed by atoms with Crippen molar-refractivity contribution < 1.29 is 36.3 Å². The van der Waals surface area contributed by atoms with E-state index in [4.69, 9.17) is 4.74 Å². The van der Waals surface area contributed by atoms with Gasteiger partial charge in [-0.2, -0.15) is 13.2 Å². The monoisotopic (exact) mass is 523 g/mol. The molecule has 2 heterocycles. The number of hydrogen-bond acceptors (Lipinski definition) is 6. The maximum atomic E-state index is 15.1. The van der Waals surface area contributed by atoms with E-state index < -0.39 is 34.7 Å². The lowest BCUT2D eigenvalue weighted by molar-refractivity contribution is -0.140. The summed E-state index contributed by atoms with van der Waals surface area (Å²) >= 11 is 0. The molecule has 0 spiro atoms. The first-order valence-corrected chi connectivity index (χ1v) is 11.2. The van der Waals surface area contributed by atoms with E-state index in [9.17, 15) is 27.5 Å². The van der Waals surface area contributed by atoms with Crippen LogP contribution in [0.1, 0.15) is 47.0 Å². The van der Waals surface area contributed by atoms with E-state index >= 15 is 4.39 Å². The summed E-state index contributed by atoms with van der Waals surface area (Å²) in [6, 6.07) is 4.31. The van der Waals surface area contributed by atoms with Gasteiger partial charge in [0.2, 0.25) is 0 Å². The Morgan fingerprint density at radius 3 is 2.62 bits per heavy atom. The molecule has 0 amide bonds. The quantitative estimate of drug-likeness (QED) is 0.398. The number of nitrogens with zero attached hydrogens (tertiary/aromatic N) is 2. The van der Waals surface area contributed by atoms with E-state index in [1.54, 1.807) is 13.8 Å². The van der Waals surface area contributed by atoms with Crippen LogP contribution in [0.4, 0.5) is 22.0 Å². The average Bonchev–Trinajstić information content (AvgIpc) is 3.23. The van der Waals surface area contributed by atoms with Gasteiger partial charge in [0.15, 0.2) is 17.4 Å². The fourth-order valence-corrected chi connectivity index (χ4v) is 4.25. The van der Waals surface area contributed by atoms with Crippen molar-refractivity contribution >= 4 is 11.4 Å². The zero-order chi connectivity index (χ0) is 27.1. The Labute approximate surface area is 207 Å². The predicted molar refractivity (Wildman–Crippen MR) is 123 cm³/mol. The minimum absolute atomic E-state index is 0.0142. The van der Waals surface area contributed by atoms with Crippen LogP contribution in [0.3, 0.4) is 0 Å². The number of rotatable bonds is 6. The number of aromatic amines is 1. The molecule has 0 saturated carbocycles. The van der Waals surface area contributed by atoms with Crippen LogP contribution in [-0.2, 0) is 19.2 Å². The number of aryl methyl sites for hydroxylation is 1. The molecule has 12 heteroatoms. The molecule has 1 aliphatic rings. The molecule has 0 saturated heterocycles. The lowest BCUT2D eigenvalue weighted by Crippen LogP contribution is -2.22. The summed E-state index contributed by atoms with van der Waals surface area (Å²) in [5.41, 5.74) is -0.630. The fourth-order valence-electron chi connectivity index (χ4n) is 4.25. The highest BCUT2D eigenvalue weighted by atomic mass is 19.4. The number of allylic oxidation sites excluding steroid dienone is 1. The van der Waals surface area contributed by atoms with Crippen LogP contribution in [0.5, 0.6) is 5.75 Å². The van der Waals surface area contributed by atoms with Gasteiger partial charge in [0.1, 0.15) is 29.4 Å². The maximum Gasteiger partial charge on any atom is 0.439 e. The summed E-state index contributed by atoms with van der Waals surface area (Å²) in [6.07, 6.45) is -4.93. The highest BCUT2D eigenvalue weighted by Crippen LogP contribution is 2.40. The molecule has 0 radical (unpaired) electrons. The van der Waals surface area contributed by atoms with Crippen LogP contribution < -0.4 is 10.5 Å². The fraction of sp³-hybridized carbons (Fsp3) is 0.320. The Balaban J connectivity index is 1.68. The van der Waals surface area contributed by atoms with Gasteiger partial charge >= 0.3 is 11.9 Å². The Hall–Kier alpha value is -3.96. The summed E-state index contributed by atoms with van der Waals surface area (Å²) in [4.78, 5) is 17.6. The van der Waals surface area contributed by atoms with Crippen LogP contribution in [0, 0.1) is 31.4 Å². The van der Waals surface area contributed by atoms with Crippen molar-refractivity contribution in [3.8, 4) is 5.75 Å². The number of H-pyrrole nitrogens is 1. The van der Waals surface area contributed by atoms with Crippen LogP contribution in [0.25, 0.3) is 5.70 Å². The third-order valence-electron chi connectivity index (χ3n) is 6.18. The van der Waals surface area contributed by atoms with Crippen molar-refractivity contribution in [2.24, 2.45) is 10.9 Å². The van der Waals surface area contributed by atoms with Gasteiger partial charge < -0.3 is 9.84 Å². The first-order chi connectivity index (χ1) is 17.4. The Kier molecular flexibility index (Phi) is 6.94. The van der Waals surface area contributed by atoms with Crippen LogP contribution in [0.2, 0.25) is 0 Å². The molecule has 7 nitrogen and oxygen atoms in total. The number of aliphatic hydroxyl groups is 1. The molecular weight excluding hydrogens is 501 g/mol. The van der Waals surface area contributed by atoms with Gasteiger partial charge in [-0.1, -0.05) is 24.2 Å². The molecule has 1 atom stereocenters. The van der Waals surface area contributed by atoms with Crippen molar-refractivity contribution in [3.63, 3.8) is 0 Å². The second-order valence-corrected chi connectivity index (χ2v) is 8.78. The molecule has 37 heavy (non-hydrogen) atoms. The molecule has 196 valence electrons. The Morgan fingerprint density at radius 1 is 1.24 bits per heavy atom. The number of nitrogens with one attached hydrogen (secondary N) is 1. The molecule has 0 fully saturated rings. The molecule has 1 aromatic heterocycles. The van der Waals surface area contributed by atoms with E-state index in [1.807, 2.05) is 0 Å². The van der Waals surface area contributed by atoms with E-state index in [0.29, 0.717) is 22.9 Å². The standard InChI is InChI=1S/C25H22F5N3O4/c1-11-8-19(36-10-20-32-24(35)37-33-20)22(27)13(3)15(11)9-17-12(2)7-18(34)23(31-17)14-5-4-6-16(26)21(14)25(28,29)30/h4-6,8,12,34H,7,9-10H2,1-3H3,(H,32,33,35). The number of hydrogen-bond donors (Lipinski definition) is 2. The average molecular weight is 523 g/mol. The summed E-state index contributed by atoms with van der Waals surface area (Å²) in [6.45, 7) is 4.73. The predicted octanol–water partition coefficient (Wildman–Crippen LogP) is 5.81. The second kappa shape index (κ2) is 9.83. The van der Waals surface area contributed by atoms with Crippen molar-refractivity contribution in [2.75, 3.05) is 0 Å². The molecule has 0 bridgehead atoms. The SMILES string of the molecule is Cc1cc(OCc2noc(=O)[nH]2)c(F)c(C)c1CC1=NC(c2cccc(F)c2C(F)(F)F)=C(O)CC1C. The Bertz CT molecular complexity index is 1470. The maximum absolute atomic E-state index is 15.1. The molecule has 1 aliphatic heterocycles. The van der Waals surface area contributed by atoms with Gasteiger partial charge in [-0.05, 0) is 42.7 Å². The number of ether oxygens (including phenoxy) is 1. The number of aliphatic hydroxyl groups excluding tert-OH is 1. The Morgan fingerprint density at radius 2 is 1.97 bits per heavy atom. The summed E-state index contributed by atoms with van der Waals surface area (Å²) < 4.78 is 79.9. The van der Waals surface area contributed by atoms with Crippen molar-refractivity contribution in [1.29, 1.82) is 0 Å². The van der Waals surface area contributed by atoms with Crippen LogP contribution >= 0.6 is 0 Å². The van der Waals surface area contributed by atoms with Gasteiger partial charge in [0.05, 0.1) is 0 Å².